The lowest BCUT2D eigenvalue weighted by Crippen LogP contribution is -2.07. The highest BCUT2D eigenvalue weighted by atomic mass is 35.5. The van der Waals surface area contributed by atoms with Gasteiger partial charge in [-0.15, -0.1) is 0 Å². The van der Waals surface area contributed by atoms with Gasteiger partial charge in [-0.1, -0.05) is 17.7 Å². The van der Waals surface area contributed by atoms with Gasteiger partial charge in [-0.25, -0.2) is 13.2 Å². The molecule has 0 aliphatic carbocycles. The first-order valence-electron chi connectivity index (χ1n) is 5.63. The van der Waals surface area contributed by atoms with Crippen molar-refractivity contribution in [1.29, 1.82) is 0 Å². The Kier molecular flexibility index (Phi) is 4.00. The van der Waals surface area contributed by atoms with Crippen LogP contribution in [0.15, 0.2) is 36.4 Å². The summed E-state index contributed by atoms with van der Waals surface area (Å²) in [6.07, 6.45) is 0. The van der Waals surface area contributed by atoms with E-state index < -0.39 is 17.5 Å². The van der Waals surface area contributed by atoms with Crippen molar-refractivity contribution in [2.24, 2.45) is 0 Å². The summed E-state index contributed by atoms with van der Waals surface area (Å²) in [6.45, 7) is 1.76. The minimum absolute atomic E-state index is 0.0350. The molecule has 100 valence electrons. The summed E-state index contributed by atoms with van der Waals surface area (Å²) >= 11 is 5.59. The first-order chi connectivity index (χ1) is 8.95. The molecule has 0 radical (unpaired) electrons. The Labute approximate surface area is 114 Å². The average Bonchev–Trinajstić information content (AvgIpc) is 2.31. The minimum Gasteiger partial charge on any atom is -0.378 e. The van der Waals surface area contributed by atoms with E-state index in [0.29, 0.717) is 11.3 Å². The zero-order chi connectivity index (χ0) is 14.0. The number of hydrogen-bond acceptors (Lipinski definition) is 1. The van der Waals surface area contributed by atoms with Gasteiger partial charge >= 0.3 is 0 Å². The Morgan fingerprint density at radius 2 is 1.63 bits per heavy atom. The lowest BCUT2D eigenvalue weighted by atomic mass is 10.1. The van der Waals surface area contributed by atoms with E-state index in [9.17, 15) is 13.2 Å². The zero-order valence-corrected chi connectivity index (χ0v) is 10.8. The molecule has 0 fully saturated rings. The van der Waals surface area contributed by atoms with Gasteiger partial charge in [0.25, 0.3) is 0 Å². The average molecular weight is 286 g/mol. The first-order valence-corrected chi connectivity index (χ1v) is 6.01. The molecule has 0 aliphatic heterocycles. The molecule has 1 atom stereocenters. The predicted molar refractivity (Wildman–Crippen MR) is 69.8 cm³/mol. The lowest BCUT2D eigenvalue weighted by Gasteiger charge is -2.16. The van der Waals surface area contributed by atoms with E-state index >= 15 is 0 Å². The molecule has 2 aromatic carbocycles. The fourth-order valence-electron chi connectivity index (χ4n) is 1.75. The van der Waals surface area contributed by atoms with E-state index in [0.717, 1.165) is 6.07 Å². The topological polar surface area (TPSA) is 12.0 Å². The third-order valence-corrected chi connectivity index (χ3v) is 3.00. The van der Waals surface area contributed by atoms with Gasteiger partial charge in [-0.3, -0.25) is 0 Å². The Morgan fingerprint density at radius 3 is 2.21 bits per heavy atom. The smallest absolute Gasteiger partial charge is 0.142 e. The molecule has 0 heterocycles. The van der Waals surface area contributed by atoms with Gasteiger partial charge in [0.2, 0.25) is 0 Å². The molecule has 0 saturated carbocycles. The Balaban J connectivity index is 2.20. The summed E-state index contributed by atoms with van der Waals surface area (Å²) in [5.74, 6) is -1.87. The minimum atomic E-state index is -0.669. The maximum atomic E-state index is 13.3. The third kappa shape index (κ3) is 3.41. The normalized spacial score (nSPS) is 12.3. The highest BCUT2D eigenvalue weighted by Gasteiger charge is 2.09. The van der Waals surface area contributed by atoms with Crippen molar-refractivity contribution in [2.45, 2.75) is 13.0 Å². The van der Waals surface area contributed by atoms with Gasteiger partial charge in [0.1, 0.15) is 17.5 Å². The van der Waals surface area contributed by atoms with Crippen molar-refractivity contribution in [2.75, 3.05) is 5.32 Å². The van der Waals surface area contributed by atoms with E-state index in [2.05, 4.69) is 5.32 Å². The largest absolute Gasteiger partial charge is 0.378 e. The van der Waals surface area contributed by atoms with Crippen molar-refractivity contribution in [1.82, 2.24) is 0 Å². The maximum absolute atomic E-state index is 13.3. The van der Waals surface area contributed by atoms with Crippen LogP contribution >= 0.6 is 11.6 Å². The summed E-state index contributed by atoms with van der Waals surface area (Å²) in [7, 11) is 0. The van der Waals surface area contributed by atoms with Crippen molar-refractivity contribution >= 4 is 17.3 Å². The van der Waals surface area contributed by atoms with Gasteiger partial charge in [0.05, 0.1) is 5.02 Å². The number of halogens is 4. The standard InChI is InChI=1S/C14H11ClF3N/c1-8(9-2-3-13(15)14(18)4-9)19-12-6-10(16)5-11(17)7-12/h2-8,19H,1H3. The second-order valence-corrected chi connectivity index (χ2v) is 4.60. The molecule has 1 unspecified atom stereocenters. The summed E-state index contributed by atoms with van der Waals surface area (Å²) in [5, 5.41) is 2.93. The number of rotatable bonds is 3. The van der Waals surface area contributed by atoms with Gasteiger partial charge in [-0.2, -0.15) is 0 Å². The summed E-state index contributed by atoms with van der Waals surface area (Å²) < 4.78 is 39.4. The number of hydrogen-bond donors (Lipinski definition) is 1. The van der Waals surface area contributed by atoms with Crippen LogP contribution in [0.2, 0.25) is 5.02 Å². The lowest BCUT2D eigenvalue weighted by molar-refractivity contribution is 0.583. The van der Waals surface area contributed by atoms with Crippen LogP contribution in [0, 0.1) is 17.5 Å². The number of anilines is 1. The zero-order valence-electron chi connectivity index (χ0n) is 10.1. The van der Waals surface area contributed by atoms with E-state index in [1.54, 1.807) is 13.0 Å². The highest BCUT2D eigenvalue weighted by Crippen LogP contribution is 2.24. The van der Waals surface area contributed by atoms with Crippen molar-refractivity contribution in [3.63, 3.8) is 0 Å². The van der Waals surface area contributed by atoms with Gasteiger partial charge < -0.3 is 5.32 Å². The molecule has 0 amide bonds. The van der Waals surface area contributed by atoms with Gasteiger partial charge in [0, 0.05) is 17.8 Å². The molecule has 1 N–H and O–H groups in total. The van der Waals surface area contributed by atoms with Crippen LogP contribution in [0.3, 0.4) is 0 Å². The van der Waals surface area contributed by atoms with Gasteiger partial charge in [-0.05, 0) is 36.8 Å². The predicted octanol–water partition coefficient (Wildman–Crippen LogP) is 4.93. The van der Waals surface area contributed by atoms with Crippen LogP contribution in [0.5, 0.6) is 0 Å². The number of benzene rings is 2. The van der Waals surface area contributed by atoms with Crippen molar-refractivity contribution in [3.8, 4) is 0 Å². The molecular weight excluding hydrogens is 275 g/mol. The third-order valence-electron chi connectivity index (χ3n) is 2.69. The fraction of sp³-hybridized carbons (Fsp3) is 0.143. The van der Waals surface area contributed by atoms with Crippen molar-refractivity contribution in [3.05, 3.63) is 64.4 Å². The maximum Gasteiger partial charge on any atom is 0.142 e. The SMILES string of the molecule is CC(Nc1cc(F)cc(F)c1)c1ccc(Cl)c(F)c1. The summed E-state index contributed by atoms with van der Waals surface area (Å²) in [4.78, 5) is 0. The molecule has 0 aromatic heterocycles. The molecule has 2 rings (SSSR count). The van der Waals surface area contributed by atoms with Crippen LogP contribution in [-0.4, -0.2) is 0 Å². The van der Waals surface area contributed by atoms with E-state index in [1.807, 2.05) is 0 Å². The van der Waals surface area contributed by atoms with Crippen molar-refractivity contribution < 1.29 is 13.2 Å². The molecule has 2 aromatic rings. The second-order valence-electron chi connectivity index (χ2n) is 4.20. The Bertz CT molecular complexity index is 581. The van der Waals surface area contributed by atoms with E-state index in [1.165, 1.54) is 24.3 Å². The molecule has 0 aliphatic rings. The quantitative estimate of drug-likeness (QED) is 0.843. The monoisotopic (exact) mass is 285 g/mol. The van der Waals surface area contributed by atoms with Crippen LogP contribution in [0.25, 0.3) is 0 Å². The second kappa shape index (κ2) is 5.53. The first kappa shape index (κ1) is 13.7. The van der Waals surface area contributed by atoms with E-state index in [-0.39, 0.29) is 11.1 Å². The van der Waals surface area contributed by atoms with Crippen LogP contribution in [0.1, 0.15) is 18.5 Å². The Morgan fingerprint density at radius 1 is 1.00 bits per heavy atom. The molecule has 1 nitrogen and oxygen atoms in total. The van der Waals surface area contributed by atoms with E-state index in [4.69, 9.17) is 11.6 Å². The summed E-state index contributed by atoms with van der Waals surface area (Å²) in [5.41, 5.74) is 0.923. The Hall–Kier alpha value is -1.68. The molecule has 0 spiro atoms. The number of nitrogens with one attached hydrogen (secondary N) is 1. The molecule has 0 bridgehead atoms. The molecule has 19 heavy (non-hydrogen) atoms. The van der Waals surface area contributed by atoms with Gasteiger partial charge in [0.15, 0.2) is 0 Å². The van der Waals surface area contributed by atoms with Crippen LogP contribution in [0.4, 0.5) is 18.9 Å². The fourth-order valence-corrected chi connectivity index (χ4v) is 1.87. The van der Waals surface area contributed by atoms with Crippen LogP contribution < -0.4 is 5.32 Å². The molecule has 0 saturated heterocycles. The highest BCUT2D eigenvalue weighted by molar-refractivity contribution is 6.30. The molecule has 5 heteroatoms. The summed E-state index contributed by atoms with van der Waals surface area (Å²) in [6, 6.07) is 7.20. The van der Waals surface area contributed by atoms with Crippen LogP contribution in [-0.2, 0) is 0 Å². The molecular formula is C14H11ClF3N.